The number of carbonyl (C=O) groups excluding carboxylic acids is 1. The smallest absolute Gasteiger partial charge is 0.166 e. The normalized spacial score (nSPS) is 21.5. The Morgan fingerprint density at radius 1 is 1.40 bits per heavy atom. The molecule has 0 aromatic carbocycles. The molecule has 2 nitrogen and oxygen atoms in total. The van der Waals surface area contributed by atoms with Crippen molar-refractivity contribution in [3.8, 4) is 0 Å². The SMILES string of the molecule is CC1(C)CCC(n2cccc2C=O)CC1. The highest BCUT2D eigenvalue weighted by atomic mass is 16.1. The summed E-state index contributed by atoms with van der Waals surface area (Å²) in [6.45, 7) is 4.67. The summed E-state index contributed by atoms with van der Waals surface area (Å²) in [4.78, 5) is 10.8. The van der Waals surface area contributed by atoms with Crippen LogP contribution in [0, 0.1) is 5.41 Å². The minimum absolute atomic E-state index is 0.491. The standard InChI is InChI=1S/C13H19NO/c1-13(2)7-5-11(6-8-13)14-9-3-4-12(14)10-15/h3-4,9-11H,5-8H2,1-2H3. The maximum absolute atomic E-state index is 10.8. The van der Waals surface area contributed by atoms with Gasteiger partial charge in [-0.1, -0.05) is 13.8 Å². The Bertz CT molecular complexity index is 341. The number of rotatable bonds is 2. The second kappa shape index (κ2) is 3.84. The van der Waals surface area contributed by atoms with Crippen molar-refractivity contribution >= 4 is 6.29 Å². The topological polar surface area (TPSA) is 22.0 Å². The van der Waals surface area contributed by atoms with E-state index in [-0.39, 0.29) is 0 Å². The summed E-state index contributed by atoms with van der Waals surface area (Å²) in [6.07, 6.45) is 7.90. The first-order valence-corrected chi connectivity index (χ1v) is 5.74. The zero-order valence-electron chi connectivity index (χ0n) is 9.57. The number of hydrogen-bond acceptors (Lipinski definition) is 1. The van der Waals surface area contributed by atoms with E-state index in [9.17, 15) is 4.79 Å². The Morgan fingerprint density at radius 3 is 2.67 bits per heavy atom. The monoisotopic (exact) mass is 205 g/mol. The Hall–Kier alpha value is -1.05. The van der Waals surface area contributed by atoms with Crippen LogP contribution in [-0.4, -0.2) is 10.9 Å². The summed E-state index contributed by atoms with van der Waals surface area (Å²) in [6, 6.07) is 4.39. The van der Waals surface area contributed by atoms with Gasteiger partial charge in [0.05, 0.1) is 5.69 Å². The van der Waals surface area contributed by atoms with Gasteiger partial charge >= 0.3 is 0 Å². The van der Waals surface area contributed by atoms with Crippen LogP contribution in [0.3, 0.4) is 0 Å². The molecule has 1 saturated carbocycles. The quantitative estimate of drug-likeness (QED) is 0.678. The molecular formula is C13H19NO. The average molecular weight is 205 g/mol. The van der Waals surface area contributed by atoms with Crippen LogP contribution < -0.4 is 0 Å². The number of aldehydes is 1. The zero-order chi connectivity index (χ0) is 10.9. The lowest BCUT2D eigenvalue weighted by atomic mass is 9.75. The lowest BCUT2D eigenvalue weighted by molar-refractivity contribution is 0.110. The molecule has 0 atom stereocenters. The highest BCUT2D eigenvalue weighted by Gasteiger charge is 2.27. The third-order valence-electron chi connectivity index (χ3n) is 3.63. The molecule has 0 spiro atoms. The molecule has 0 bridgehead atoms. The van der Waals surface area contributed by atoms with Gasteiger partial charge in [0.2, 0.25) is 0 Å². The fourth-order valence-electron chi connectivity index (χ4n) is 2.50. The van der Waals surface area contributed by atoms with E-state index in [4.69, 9.17) is 0 Å². The fourth-order valence-corrected chi connectivity index (χ4v) is 2.50. The van der Waals surface area contributed by atoms with Crippen LogP contribution in [0.2, 0.25) is 0 Å². The molecule has 0 N–H and O–H groups in total. The van der Waals surface area contributed by atoms with Gasteiger partial charge in [0, 0.05) is 12.2 Å². The zero-order valence-corrected chi connectivity index (χ0v) is 9.57. The molecule has 2 heteroatoms. The van der Waals surface area contributed by atoms with Gasteiger partial charge in [-0.2, -0.15) is 0 Å². The molecule has 1 aromatic rings. The van der Waals surface area contributed by atoms with E-state index >= 15 is 0 Å². The summed E-state index contributed by atoms with van der Waals surface area (Å²) in [7, 11) is 0. The van der Waals surface area contributed by atoms with E-state index in [2.05, 4.69) is 18.4 Å². The Morgan fingerprint density at radius 2 is 2.07 bits per heavy atom. The maximum atomic E-state index is 10.8. The first kappa shape index (κ1) is 10.5. The largest absolute Gasteiger partial charge is 0.342 e. The molecular weight excluding hydrogens is 186 g/mol. The molecule has 2 rings (SSSR count). The Kier molecular flexibility index (Phi) is 2.68. The van der Waals surface area contributed by atoms with E-state index in [1.807, 2.05) is 18.3 Å². The Labute approximate surface area is 91.3 Å². The molecule has 0 amide bonds. The predicted octanol–water partition coefficient (Wildman–Crippen LogP) is 3.44. The van der Waals surface area contributed by atoms with Gasteiger partial charge in [0.25, 0.3) is 0 Å². The summed E-state index contributed by atoms with van der Waals surface area (Å²) < 4.78 is 2.14. The van der Waals surface area contributed by atoms with Crippen LogP contribution >= 0.6 is 0 Å². The second-order valence-electron chi connectivity index (χ2n) is 5.35. The van der Waals surface area contributed by atoms with Crippen molar-refractivity contribution in [2.45, 2.75) is 45.6 Å². The Balaban J connectivity index is 2.10. The molecule has 1 aromatic heterocycles. The van der Waals surface area contributed by atoms with Crippen LogP contribution in [0.1, 0.15) is 56.1 Å². The van der Waals surface area contributed by atoms with Gasteiger partial charge in [-0.3, -0.25) is 4.79 Å². The van der Waals surface area contributed by atoms with Crippen LogP contribution in [-0.2, 0) is 0 Å². The number of nitrogens with zero attached hydrogens (tertiary/aromatic N) is 1. The minimum Gasteiger partial charge on any atom is -0.342 e. The molecule has 0 radical (unpaired) electrons. The fraction of sp³-hybridized carbons (Fsp3) is 0.615. The summed E-state index contributed by atoms with van der Waals surface area (Å²) in [5, 5.41) is 0. The molecule has 1 fully saturated rings. The van der Waals surface area contributed by atoms with Crippen molar-refractivity contribution in [3.63, 3.8) is 0 Å². The van der Waals surface area contributed by atoms with Crippen LogP contribution in [0.15, 0.2) is 18.3 Å². The van der Waals surface area contributed by atoms with Gasteiger partial charge in [-0.15, -0.1) is 0 Å². The summed E-state index contributed by atoms with van der Waals surface area (Å²) in [5.74, 6) is 0. The number of hydrogen-bond donors (Lipinski definition) is 0. The van der Waals surface area contributed by atoms with Crippen molar-refractivity contribution in [1.29, 1.82) is 0 Å². The second-order valence-corrected chi connectivity index (χ2v) is 5.35. The summed E-state index contributed by atoms with van der Waals surface area (Å²) in [5.41, 5.74) is 1.31. The molecule has 82 valence electrons. The van der Waals surface area contributed by atoms with Crippen molar-refractivity contribution in [2.75, 3.05) is 0 Å². The predicted molar refractivity (Wildman–Crippen MR) is 61.1 cm³/mol. The number of aromatic nitrogens is 1. The van der Waals surface area contributed by atoms with Crippen molar-refractivity contribution in [1.82, 2.24) is 4.57 Å². The van der Waals surface area contributed by atoms with E-state index in [1.54, 1.807) is 0 Å². The van der Waals surface area contributed by atoms with E-state index < -0.39 is 0 Å². The highest BCUT2D eigenvalue weighted by molar-refractivity contribution is 5.72. The van der Waals surface area contributed by atoms with Crippen molar-refractivity contribution in [2.24, 2.45) is 5.41 Å². The molecule has 1 aliphatic rings. The van der Waals surface area contributed by atoms with Crippen LogP contribution in [0.4, 0.5) is 0 Å². The average Bonchev–Trinajstić information content (AvgIpc) is 2.65. The van der Waals surface area contributed by atoms with Gasteiger partial charge in [0.1, 0.15) is 0 Å². The molecule has 0 aliphatic heterocycles. The van der Waals surface area contributed by atoms with Gasteiger partial charge in [-0.05, 0) is 43.2 Å². The molecule has 0 unspecified atom stereocenters. The maximum Gasteiger partial charge on any atom is 0.166 e. The first-order chi connectivity index (χ1) is 7.12. The lowest BCUT2D eigenvalue weighted by Gasteiger charge is -2.35. The third-order valence-corrected chi connectivity index (χ3v) is 3.63. The van der Waals surface area contributed by atoms with Gasteiger partial charge < -0.3 is 4.57 Å². The lowest BCUT2D eigenvalue weighted by Crippen LogP contribution is -2.23. The molecule has 1 aliphatic carbocycles. The van der Waals surface area contributed by atoms with Crippen LogP contribution in [0.25, 0.3) is 0 Å². The molecule has 15 heavy (non-hydrogen) atoms. The van der Waals surface area contributed by atoms with E-state index in [0.29, 0.717) is 11.5 Å². The van der Waals surface area contributed by atoms with Gasteiger partial charge in [0.15, 0.2) is 6.29 Å². The highest BCUT2D eigenvalue weighted by Crippen LogP contribution is 2.40. The first-order valence-electron chi connectivity index (χ1n) is 5.74. The number of carbonyl (C=O) groups is 1. The van der Waals surface area contributed by atoms with E-state index in [1.165, 1.54) is 25.7 Å². The van der Waals surface area contributed by atoms with E-state index in [0.717, 1.165) is 12.0 Å². The van der Waals surface area contributed by atoms with Crippen molar-refractivity contribution in [3.05, 3.63) is 24.0 Å². The molecule has 0 saturated heterocycles. The van der Waals surface area contributed by atoms with Gasteiger partial charge in [-0.25, -0.2) is 0 Å². The molecule has 1 heterocycles. The summed E-state index contributed by atoms with van der Waals surface area (Å²) >= 11 is 0. The third kappa shape index (κ3) is 2.14. The van der Waals surface area contributed by atoms with Crippen molar-refractivity contribution < 1.29 is 4.79 Å². The minimum atomic E-state index is 0.491. The van der Waals surface area contributed by atoms with Crippen LogP contribution in [0.5, 0.6) is 0 Å².